The number of allylic oxidation sites excluding steroid dienone is 1. The smallest absolute Gasteiger partial charge is 0.131 e. The summed E-state index contributed by atoms with van der Waals surface area (Å²) in [5, 5.41) is 42.6. The summed E-state index contributed by atoms with van der Waals surface area (Å²) in [5.41, 5.74) is 0.392. The highest BCUT2D eigenvalue weighted by Crippen LogP contribution is 2.39. The minimum atomic E-state index is -0.310. The molecule has 120 valence electrons. The van der Waals surface area contributed by atoms with Crippen molar-refractivity contribution in [3.05, 3.63) is 76.9 Å². The Kier molecular flexibility index (Phi) is 3.66. The van der Waals surface area contributed by atoms with Gasteiger partial charge in [0, 0.05) is 21.9 Å². The van der Waals surface area contributed by atoms with E-state index in [0.717, 1.165) is 0 Å². The van der Waals surface area contributed by atoms with Gasteiger partial charge in [0.25, 0.3) is 0 Å². The van der Waals surface area contributed by atoms with E-state index in [-0.39, 0.29) is 34.1 Å². The van der Waals surface area contributed by atoms with Gasteiger partial charge in [0.1, 0.15) is 23.0 Å². The van der Waals surface area contributed by atoms with E-state index >= 15 is 0 Å². The quantitative estimate of drug-likeness (QED) is 0.432. The number of aromatic hydroxyl groups is 3. The number of rotatable bonds is 2. The van der Waals surface area contributed by atoms with E-state index in [1.807, 2.05) is 0 Å². The van der Waals surface area contributed by atoms with Crippen molar-refractivity contribution < 1.29 is 20.4 Å². The zero-order valence-electron chi connectivity index (χ0n) is 12.8. The summed E-state index contributed by atoms with van der Waals surface area (Å²) in [4.78, 5) is 0. The van der Waals surface area contributed by atoms with Gasteiger partial charge in [0.05, 0.1) is 0 Å². The van der Waals surface area contributed by atoms with Crippen LogP contribution in [-0.2, 0) is 0 Å². The standard InChI is InChI=1S/C20H16O4/c1-11-7-8-13(22)9-16(11)19(12(2)21)17-10-18(23)14-5-3-4-6-15(14)20(17)24/h3-10,21-24H,1-2H2/b19-16+. The van der Waals surface area contributed by atoms with E-state index in [1.54, 1.807) is 30.3 Å². The summed E-state index contributed by atoms with van der Waals surface area (Å²) >= 11 is 0. The van der Waals surface area contributed by atoms with E-state index in [2.05, 4.69) is 13.2 Å². The highest BCUT2D eigenvalue weighted by Gasteiger charge is 2.17. The minimum Gasteiger partial charge on any atom is -0.508 e. The number of phenols is 3. The van der Waals surface area contributed by atoms with E-state index in [9.17, 15) is 20.4 Å². The van der Waals surface area contributed by atoms with Gasteiger partial charge in [-0.25, -0.2) is 0 Å². The zero-order valence-corrected chi connectivity index (χ0v) is 12.8. The van der Waals surface area contributed by atoms with Gasteiger partial charge in [-0.1, -0.05) is 43.5 Å². The first-order valence-electron chi connectivity index (χ1n) is 7.24. The monoisotopic (exact) mass is 320 g/mol. The summed E-state index contributed by atoms with van der Waals surface area (Å²) in [7, 11) is 0. The first-order chi connectivity index (χ1) is 11.4. The zero-order chi connectivity index (χ0) is 17.4. The van der Waals surface area contributed by atoms with Crippen molar-refractivity contribution in [3.8, 4) is 17.2 Å². The molecular weight excluding hydrogens is 304 g/mol. The van der Waals surface area contributed by atoms with Crippen LogP contribution in [0.25, 0.3) is 22.9 Å². The van der Waals surface area contributed by atoms with Crippen LogP contribution >= 0.6 is 0 Å². The number of hydrogen-bond acceptors (Lipinski definition) is 4. The second kappa shape index (κ2) is 5.66. The van der Waals surface area contributed by atoms with E-state index in [1.165, 1.54) is 18.2 Å². The summed E-state index contributed by atoms with van der Waals surface area (Å²) in [5.74, 6) is -0.463. The molecule has 24 heavy (non-hydrogen) atoms. The summed E-state index contributed by atoms with van der Waals surface area (Å²) in [6.45, 7) is 7.42. The van der Waals surface area contributed by atoms with E-state index in [4.69, 9.17) is 0 Å². The average molecular weight is 320 g/mol. The fourth-order valence-corrected chi connectivity index (χ4v) is 2.78. The number of aliphatic hydroxyl groups is 1. The lowest BCUT2D eigenvalue weighted by Crippen LogP contribution is -2.26. The molecule has 4 nitrogen and oxygen atoms in total. The van der Waals surface area contributed by atoms with E-state index in [0.29, 0.717) is 21.2 Å². The molecule has 0 spiro atoms. The number of phenolic OH excluding ortho intramolecular Hbond substituents is 3. The first kappa shape index (κ1) is 15.5. The predicted molar refractivity (Wildman–Crippen MR) is 94.4 cm³/mol. The Morgan fingerprint density at radius 1 is 0.875 bits per heavy atom. The molecule has 3 rings (SSSR count). The molecular formula is C20H16O4. The molecule has 0 aliphatic carbocycles. The highest BCUT2D eigenvalue weighted by molar-refractivity contribution is 5.98. The molecule has 0 saturated heterocycles. The van der Waals surface area contributed by atoms with Gasteiger partial charge in [-0.2, -0.15) is 0 Å². The Hall–Kier alpha value is -3.40. The van der Waals surface area contributed by atoms with Crippen LogP contribution in [0.15, 0.2) is 60.9 Å². The molecule has 0 fully saturated rings. The van der Waals surface area contributed by atoms with Gasteiger partial charge in [0.15, 0.2) is 0 Å². The van der Waals surface area contributed by atoms with Crippen LogP contribution < -0.4 is 10.4 Å². The van der Waals surface area contributed by atoms with Gasteiger partial charge < -0.3 is 20.4 Å². The van der Waals surface area contributed by atoms with Crippen LogP contribution in [0.5, 0.6) is 17.2 Å². The molecule has 0 amide bonds. The Bertz CT molecular complexity index is 1080. The Morgan fingerprint density at radius 3 is 2.21 bits per heavy atom. The van der Waals surface area contributed by atoms with Crippen LogP contribution in [0.2, 0.25) is 0 Å². The largest absolute Gasteiger partial charge is 0.508 e. The molecule has 0 aromatic heterocycles. The van der Waals surface area contributed by atoms with Crippen molar-refractivity contribution >= 4 is 22.9 Å². The molecule has 4 heteroatoms. The van der Waals surface area contributed by atoms with Gasteiger partial charge >= 0.3 is 0 Å². The average Bonchev–Trinajstić information content (AvgIpc) is 2.55. The van der Waals surface area contributed by atoms with Crippen molar-refractivity contribution in [1.82, 2.24) is 0 Å². The lowest BCUT2D eigenvalue weighted by Gasteiger charge is -2.13. The van der Waals surface area contributed by atoms with Crippen molar-refractivity contribution in [2.75, 3.05) is 0 Å². The Labute approximate surface area is 138 Å². The summed E-state index contributed by atoms with van der Waals surface area (Å²) in [6, 6.07) is 12.7. The normalized spacial score (nSPS) is 12.2. The summed E-state index contributed by atoms with van der Waals surface area (Å²) in [6.07, 6.45) is 0. The van der Waals surface area contributed by atoms with Crippen LogP contribution in [0.3, 0.4) is 0 Å². The minimum absolute atomic E-state index is 0.0133. The maximum atomic E-state index is 10.6. The number of fused-ring (bicyclic) bond motifs is 1. The number of hydrogen-bond donors (Lipinski definition) is 4. The fraction of sp³-hybridized carbons (Fsp3) is 0. The molecule has 0 unspecified atom stereocenters. The fourth-order valence-electron chi connectivity index (χ4n) is 2.78. The maximum Gasteiger partial charge on any atom is 0.131 e. The predicted octanol–water partition coefficient (Wildman–Crippen LogP) is 2.64. The SMILES string of the molecule is C=C(O)/C(c1cc(O)c2ccccc2c1O)=c1/cc(O)ccc1=C. The van der Waals surface area contributed by atoms with Gasteiger partial charge in [-0.05, 0) is 28.6 Å². The first-order valence-corrected chi connectivity index (χ1v) is 7.24. The van der Waals surface area contributed by atoms with Crippen molar-refractivity contribution in [2.45, 2.75) is 0 Å². The summed E-state index contributed by atoms with van der Waals surface area (Å²) < 4.78 is 0. The molecule has 0 saturated carbocycles. The molecule has 0 bridgehead atoms. The van der Waals surface area contributed by atoms with Crippen molar-refractivity contribution in [1.29, 1.82) is 0 Å². The van der Waals surface area contributed by atoms with Gasteiger partial charge in [-0.15, -0.1) is 0 Å². The molecule has 0 aliphatic heterocycles. The van der Waals surface area contributed by atoms with Crippen LogP contribution in [-0.4, -0.2) is 20.4 Å². The second-order valence-electron chi connectivity index (χ2n) is 5.50. The van der Waals surface area contributed by atoms with Crippen molar-refractivity contribution in [2.24, 2.45) is 0 Å². The van der Waals surface area contributed by atoms with Crippen molar-refractivity contribution in [3.63, 3.8) is 0 Å². The Morgan fingerprint density at radius 2 is 1.54 bits per heavy atom. The Balaban J connectivity index is 2.52. The second-order valence-corrected chi connectivity index (χ2v) is 5.50. The highest BCUT2D eigenvalue weighted by atomic mass is 16.3. The molecule has 0 atom stereocenters. The number of benzene rings is 3. The molecule has 0 heterocycles. The van der Waals surface area contributed by atoms with E-state index < -0.39 is 0 Å². The van der Waals surface area contributed by atoms with Gasteiger partial charge in [0.2, 0.25) is 0 Å². The molecule has 3 aromatic carbocycles. The molecule has 4 N–H and O–H groups in total. The lowest BCUT2D eigenvalue weighted by molar-refractivity contribution is 0.437. The third kappa shape index (κ3) is 2.44. The topological polar surface area (TPSA) is 80.9 Å². The number of aliphatic hydroxyl groups excluding tert-OH is 1. The van der Waals surface area contributed by atoms with Crippen LogP contribution in [0, 0.1) is 0 Å². The van der Waals surface area contributed by atoms with Crippen LogP contribution in [0.1, 0.15) is 5.56 Å². The molecule has 3 aromatic rings. The maximum absolute atomic E-state index is 10.6. The van der Waals surface area contributed by atoms with Gasteiger partial charge in [-0.3, -0.25) is 0 Å². The van der Waals surface area contributed by atoms with Crippen LogP contribution in [0.4, 0.5) is 0 Å². The lowest BCUT2D eigenvalue weighted by atomic mass is 9.95. The molecule has 0 radical (unpaired) electrons. The third-order valence-corrected chi connectivity index (χ3v) is 3.92. The third-order valence-electron chi connectivity index (χ3n) is 3.92. The molecule has 0 aliphatic rings.